The van der Waals surface area contributed by atoms with Gasteiger partial charge in [0, 0.05) is 29.3 Å². The Kier molecular flexibility index (Phi) is 5.65. The number of amides is 2. The van der Waals surface area contributed by atoms with Crippen molar-refractivity contribution in [1.29, 1.82) is 0 Å². The van der Waals surface area contributed by atoms with Crippen LogP contribution in [0.2, 0.25) is 0 Å². The van der Waals surface area contributed by atoms with Crippen LogP contribution in [-0.2, 0) is 4.79 Å². The zero-order valence-electron chi connectivity index (χ0n) is 10.2. The highest BCUT2D eigenvalue weighted by Crippen LogP contribution is 2.12. The zero-order chi connectivity index (χ0) is 14.1. The monoisotopic (exact) mass is 259 g/mol. The van der Waals surface area contributed by atoms with Crippen LogP contribution in [0.4, 0.5) is 5.69 Å². The summed E-state index contributed by atoms with van der Waals surface area (Å²) >= 11 is 0. The van der Waals surface area contributed by atoms with E-state index in [1.165, 1.54) is 0 Å². The number of nitrogens with zero attached hydrogens (tertiary/aromatic N) is 3. The van der Waals surface area contributed by atoms with Crippen molar-refractivity contribution < 1.29 is 9.59 Å². The lowest BCUT2D eigenvalue weighted by Crippen LogP contribution is -2.33. The molecule has 0 atom stereocenters. The summed E-state index contributed by atoms with van der Waals surface area (Å²) in [7, 11) is 0. The molecule has 0 saturated heterocycles. The molecule has 98 valence electrons. The van der Waals surface area contributed by atoms with Gasteiger partial charge in [0.2, 0.25) is 5.91 Å². The number of hydrogen-bond acceptors (Lipinski definition) is 3. The number of azide groups is 1. The van der Waals surface area contributed by atoms with E-state index >= 15 is 0 Å². The van der Waals surface area contributed by atoms with Crippen molar-refractivity contribution in [3.8, 4) is 0 Å². The fourth-order valence-corrected chi connectivity index (χ4v) is 1.27. The van der Waals surface area contributed by atoms with Gasteiger partial charge >= 0.3 is 0 Å². The lowest BCUT2D eigenvalue weighted by Gasteiger charge is -2.05. The maximum atomic E-state index is 11.7. The lowest BCUT2D eigenvalue weighted by atomic mass is 10.2. The van der Waals surface area contributed by atoms with Gasteiger partial charge in [-0.25, -0.2) is 0 Å². The molecule has 0 fully saturated rings. The second kappa shape index (κ2) is 7.52. The molecule has 1 aromatic rings. The smallest absolute Gasteiger partial charge is 0.251 e. The molecule has 1 aromatic carbocycles. The number of carbonyl (C=O) groups excluding carboxylic acids is 2. The van der Waals surface area contributed by atoms with E-state index in [0.717, 1.165) is 6.08 Å². The normalized spacial score (nSPS) is 9.05. The summed E-state index contributed by atoms with van der Waals surface area (Å²) in [5, 5.41) is 8.58. The van der Waals surface area contributed by atoms with E-state index in [0.29, 0.717) is 24.3 Å². The van der Waals surface area contributed by atoms with Crippen LogP contribution in [0.3, 0.4) is 0 Å². The van der Waals surface area contributed by atoms with Crippen molar-refractivity contribution >= 4 is 17.5 Å². The molecule has 0 aliphatic heterocycles. The summed E-state index contributed by atoms with van der Waals surface area (Å²) in [6.07, 6.45) is 1.16. The summed E-state index contributed by atoms with van der Waals surface area (Å²) in [5.74, 6) is -0.548. The summed E-state index contributed by atoms with van der Waals surface area (Å²) in [6, 6.07) is 6.21. The average molecular weight is 259 g/mol. The molecule has 0 aromatic heterocycles. The highest BCUT2D eigenvalue weighted by atomic mass is 16.2. The van der Waals surface area contributed by atoms with Gasteiger partial charge < -0.3 is 10.6 Å². The van der Waals surface area contributed by atoms with Gasteiger partial charge in [0.1, 0.15) is 0 Å². The second-order valence-electron chi connectivity index (χ2n) is 3.49. The average Bonchev–Trinajstić information content (AvgIpc) is 2.44. The summed E-state index contributed by atoms with van der Waals surface area (Å²) in [6.45, 7) is 3.95. The Labute approximate surface area is 109 Å². The van der Waals surface area contributed by atoms with Gasteiger partial charge in [-0.05, 0) is 23.7 Å². The molecule has 19 heavy (non-hydrogen) atoms. The van der Waals surface area contributed by atoms with Crippen molar-refractivity contribution in [1.82, 2.24) is 10.6 Å². The third kappa shape index (κ3) is 4.93. The molecular weight excluding hydrogens is 246 g/mol. The largest absolute Gasteiger partial charge is 0.351 e. The molecule has 0 aliphatic carbocycles. The fraction of sp³-hybridized carbons (Fsp3) is 0.167. The van der Waals surface area contributed by atoms with E-state index in [-0.39, 0.29) is 11.8 Å². The third-order valence-corrected chi connectivity index (χ3v) is 2.18. The highest BCUT2D eigenvalue weighted by Gasteiger charge is 2.04. The molecule has 7 heteroatoms. The van der Waals surface area contributed by atoms with Gasteiger partial charge in [-0.2, -0.15) is 0 Å². The van der Waals surface area contributed by atoms with E-state index in [4.69, 9.17) is 5.53 Å². The topological polar surface area (TPSA) is 107 Å². The Hall–Kier alpha value is -2.79. The van der Waals surface area contributed by atoms with Gasteiger partial charge in [0.15, 0.2) is 0 Å². The quantitative estimate of drug-likeness (QED) is 0.266. The summed E-state index contributed by atoms with van der Waals surface area (Å²) < 4.78 is 0. The molecule has 2 N–H and O–H groups in total. The SMILES string of the molecule is C=CC(=O)NCCNC(=O)c1ccc(N=[N+]=[N-])cc1. The highest BCUT2D eigenvalue weighted by molar-refractivity contribution is 5.94. The minimum atomic E-state index is -0.284. The van der Waals surface area contributed by atoms with E-state index in [2.05, 4.69) is 27.2 Å². The summed E-state index contributed by atoms with van der Waals surface area (Å²) in [5.41, 5.74) is 9.14. The molecule has 2 amide bonds. The maximum absolute atomic E-state index is 11.7. The number of carbonyl (C=O) groups is 2. The van der Waals surface area contributed by atoms with Crippen LogP contribution in [0.5, 0.6) is 0 Å². The van der Waals surface area contributed by atoms with E-state index in [1.807, 2.05) is 0 Å². The van der Waals surface area contributed by atoms with E-state index < -0.39 is 0 Å². The van der Waals surface area contributed by atoms with Gasteiger partial charge in [-0.15, -0.1) is 0 Å². The van der Waals surface area contributed by atoms with Crippen molar-refractivity contribution in [2.24, 2.45) is 5.11 Å². The first-order valence-corrected chi connectivity index (χ1v) is 5.51. The first-order chi connectivity index (χ1) is 9.17. The lowest BCUT2D eigenvalue weighted by molar-refractivity contribution is -0.116. The first kappa shape index (κ1) is 14.3. The Morgan fingerprint density at radius 1 is 1.26 bits per heavy atom. The molecule has 0 radical (unpaired) electrons. The first-order valence-electron chi connectivity index (χ1n) is 5.51. The minimum absolute atomic E-state index is 0.264. The number of nitrogens with one attached hydrogen (secondary N) is 2. The van der Waals surface area contributed by atoms with E-state index in [9.17, 15) is 9.59 Å². The van der Waals surface area contributed by atoms with Crippen LogP contribution < -0.4 is 10.6 Å². The van der Waals surface area contributed by atoms with Crippen LogP contribution >= 0.6 is 0 Å². The van der Waals surface area contributed by atoms with Gasteiger partial charge in [0.25, 0.3) is 5.91 Å². The Morgan fingerprint density at radius 3 is 2.47 bits per heavy atom. The predicted octanol–water partition coefficient (Wildman–Crippen LogP) is 1.66. The third-order valence-electron chi connectivity index (χ3n) is 2.18. The fourth-order valence-electron chi connectivity index (χ4n) is 1.27. The maximum Gasteiger partial charge on any atom is 0.251 e. The van der Waals surface area contributed by atoms with Gasteiger partial charge in [0.05, 0.1) is 0 Å². The number of hydrogen-bond donors (Lipinski definition) is 2. The number of benzene rings is 1. The number of rotatable bonds is 6. The van der Waals surface area contributed by atoms with Crippen molar-refractivity contribution in [3.05, 3.63) is 52.9 Å². The van der Waals surface area contributed by atoms with E-state index in [1.54, 1.807) is 24.3 Å². The zero-order valence-corrected chi connectivity index (χ0v) is 10.2. The molecule has 0 aliphatic rings. The van der Waals surface area contributed by atoms with Crippen LogP contribution in [-0.4, -0.2) is 24.9 Å². The van der Waals surface area contributed by atoms with Crippen molar-refractivity contribution in [3.63, 3.8) is 0 Å². The molecule has 0 saturated carbocycles. The standard InChI is InChI=1S/C12H13N5O2/c1-2-11(18)14-7-8-15-12(19)9-3-5-10(6-4-9)16-17-13/h2-6H,1,7-8H2,(H,14,18)(H,15,19). The van der Waals surface area contributed by atoms with Crippen LogP contribution in [0.15, 0.2) is 42.0 Å². The van der Waals surface area contributed by atoms with Crippen molar-refractivity contribution in [2.45, 2.75) is 0 Å². The van der Waals surface area contributed by atoms with Crippen LogP contribution in [0.25, 0.3) is 10.4 Å². The Morgan fingerprint density at radius 2 is 1.89 bits per heavy atom. The minimum Gasteiger partial charge on any atom is -0.351 e. The van der Waals surface area contributed by atoms with Crippen LogP contribution in [0, 0.1) is 0 Å². The van der Waals surface area contributed by atoms with Gasteiger partial charge in [-0.1, -0.05) is 23.8 Å². The molecular formula is C12H13N5O2. The molecule has 7 nitrogen and oxygen atoms in total. The van der Waals surface area contributed by atoms with Gasteiger partial charge in [-0.3, -0.25) is 9.59 Å². The Balaban J connectivity index is 2.43. The van der Waals surface area contributed by atoms with Crippen LogP contribution in [0.1, 0.15) is 10.4 Å². The molecule has 0 unspecified atom stereocenters. The second-order valence-corrected chi connectivity index (χ2v) is 3.49. The molecule has 1 rings (SSSR count). The molecule has 0 bridgehead atoms. The Bertz CT molecular complexity index is 517. The molecule has 0 spiro atoms. The van der Waals surface area contributed by atoms with Crippen molar-refractivity contribution in [2.75, 3.05) is 13.1 Å². The molecule has 0 heterocycles. The summed E-state index contributed by atoms with van der Waals surface area (Å²) in [4.78, 5) is 25.2. The predicted molar refractivity (Wildman–Crippen MR) is 70.8 cm³/mol.